The summed E-state index contributed by atoms with van der Waals surface area (Å²) in [4.78, 5) is 13.5. The van der Waals surface area contributed by atoms with Gasteiger partial charge in [0.25, 0.3) is 0 Å². The lowest BCUT2D eigenvalue weighted by molar-refractivity contribution is 0.0179. The Kier molecular flexibility index (Phi) is 2.99. The molecule has 0 N–H and O–H groups in total. The highest BCUT2D eigenvalue weighted by Crippen LogP contribution is 2.29. The van der Waals surface area contributed by atoms with E-state index in [2.05, 4.69) is 5.92 Å². The molecule has 1 amide bonds. The van der Waals surface area contributed by atoms with Gasteiger partial charge in [0.2, 0.25) is 0 Å². The van der Waals surface area contributed by atoms with Gasteiger partial charge in [0.05, 0.1) is 0 Å². The van der Waals surface area contributed by atoms with Crippen LogP contribution in [0.3, 0.4) is 0 Å². The molecule has 0 bridgehead atoms. The predicted octanol–water partition coefficient (Wildman–Crippen LogP) is 2.41. The molecule has 15 heavy (non-hydrogen) atoms. The van der Waals surface area contributed by atoms with Crippen LogP contribution in [0.15, 0.2) is 0 Å². The number of hydrogen-bond donors (Lipinski definition) is 0. The molecule has 0 aliphatic carbocycles. The van der Waals surface area contributed by atoms with Gasteiger partial charge in [0.15, 0.2) is 0 Å². The maximum Gasteiger partial charge on any atom is 0.411 e. The van der Waals surface area contributed by atoms with Crippen molar-refractivity contribution in [2.24, 2.45) is 0 Å². The third-order valence-corrected chi connectivity index (χ3v) is 2.57. The van der Waals surface area contributed by atoms with Gasteiger partial charge in [-0.1, -0.05) is 5.92 Å². The highest BCUT2D eigenvalue weighted by molar-refractivity contribution is 5.70. The van der Waals surface area contributed by atoms with Gasteiger partial charge < -0.3 is 4.74 Å². The highest BCUT2D eigenvalue weighted by atomic mass is 16.6. The number of ether oxygens (including phenoxy) is 1. The maximum absolute atomic E-state index is 11.8. The number of nitrogens with zero attached hydrogens (tertiary/aromatic N) is 1. The van der Waals surface area contributed by atoms with Crippen LogP contribution >= 0.6 is 0 Å². The summed E-state index contributed by atoms with van der Waals surface area (Å²) in [5.41, 5.74) is -0.933. The first-order valence-corrected chi connectivity index (χ1v) is 5.27. The molecular weight excluding hydrogens is 190 g/mol. The van der Waals surface area contributed by atoms with Crippen molar-refractivity contribution in [3.05, 3.63) is 0 Å². The van der Waals surface area contributed by atoms with Crippen LogP contribution in [-0.2, 0) is 4.74 Å². The quantitative estimate of drug-likeness (QED) is 0.573. The highest BCUT2D eigenvalue weighted by Gasteiger charge is 2.40. The van der Waals surface area contributed by atoms with Crippen LogP contribution in [0.1, 0.15) is 40.5 Å². The van der Waals surface area contributed by atoms with Crippen LogP contribution in [-0.4, -0.2) is 28.7 Å². The Labute approximate surface area is 91.8 Å². The van der Waals surface area contributed by atoms with Crippen LogP contribution in [0, 0.1) is 12.3 Å². The molecule has 0 spiro atoms. The number of rotatable bonds is 0. The van der Waals surface area contributed by atoms with Crippen LogP contribution in [0.5, 0.6) is 0 Å². The molecule has 0 radical (unpaired) electrons. The van der Waals surface area contributed by atoms with Crippen molar-refractivity contribution in [3.63, 3.8) is 0 Å². The summed E-state index contributed by atoms with van der Waals surface area (Å²) in [6.07, 6.45) is 6.95. The van der Waals surface area contributed by atoms with Crippen LogP contribution in [0.25, 0.3) is 0 Å². The predicted molar refractivity (Wildman–Crippen MR) is 59.4 cm³/mol. The molecule has 1 aliphatic heterocycles. The second-order valence-electron chi connectivity index (χ2n) is 5.15. The topological polar surface area (TPSA) is 29.5 Å². The number of hydrogen-bond acceptors (Lipinski definition) is 2. The van der Waals surface area contributed by atoms with Crippen LogP contribution in [0.2, 0.25) is 0 Å². The second kappa shape index (κ2) is 3.77. The number of likely N-dealkylation sites (tertiary alicyclic amines) is 1. The van der Waals surface area contributed by atoms with E-state index < -0.39 is 11.1 Å². The van der Waals surface area contributed by atoms with Gasteiger partial charge in [-0.05, 0) is 40.5 Å². The van der Waals surface area contributed by atoms with Gasteiger partial charge in [-0.15, -0.1) is 6.42 Å². The van der Waals surface area contributed by atoms with Gasteiger partial charge in [-0.2, -0.15) is 0 Å². The van der Waals surface area contributed by atoms with Crippen molar-refractivity contribution in [3.8, 4) is 12.3 Å². The fourth-order valence-corrected chi connectivity index (χ4v) is 1.72. The van der Waals surface area contributed by atoms with Gasteiger partial charge >= 0.3 is 6.09 Å². The van der Waals surface area contributed by atoms with Crippen LogP contribution < -0.4 is 0 Å². The molecule has 0 saturated carbocycles. The number of amides is 1. The lowest BCUT2D eigenvalue weighted by atomic mass is 10.0. The number of terminal acetylenes is 1. The van der Waals surface area contributed by atoms with Crippen molar-refractivity contribution in [1.82, 2.24) is 4.90 Å². The van der Waals surface area contributed by atoms with Crippen LogP contribution in [0.4, 0.5) is 4.79 Å². The zero-order chi connectivity index (χ0) is 11.7. The van der Waals surface area contributed by atoms with E-state index in [1.807, 2.05) is 27.7 Å². The lowest BCUT2D eigenvalue weighted by Crippen LogP contribution is -2.46. The molecule has 3 heteroatoms. The molecule has 0 aromatic carbocycles. The van der Waals surface area contributed by atoms with Gasteiger partial charge in [0, 0.05) is 6.54 Å². The Hall–Kier alpha value is -1.17. The average molecular weight is 209 g/mol. The van der Waals surface area contributed by atoms with E-state index in [0.717, 1.165) is 12.8 Å². The fourth-order valence-electron chi connectivity index (χ4n) is 1.72. The van der Waals surface area contributed by atoms with Crippen molar-refractivity contribution in [2.45, 2.75) is 51.7 Å². The normalized spacial score (nSPS) is 26.2. The first-order valence-electron chi connectivity index (χ1n) is 5.27. The third kappa shape index (κ3) is 2.65. The van der Waals surface area contributed by atoms with Crippen molar-refractivity contribution in [1.29, 1.82) is 0 Å². The average Bonchev–Trinajstić information content (AvgIpc) is 2.45. The zero-order valence-corrected chi connectivity index (χ0v) is 9.96. The third-order valence-electron chi connectivity index (χ3n) is 2.57. The minimum absolute atomic E-state index is 0.305. The molecule has 1 saturated heterocycles. The molecule has 3 nitrogen and oxygen atoms in total. The molecule has 1 aliphatic rings. The summed E-state index contributed by atoms with van der Waals surface area (Å²) in [6, 6.07) is 0. The summed E-state index contributed by atoms with van der Waals surface area (Å²) in [7, 11) is 0. The van der Waals surface area contributed by atoms with E-state index in [-0.39, 0.29) is 6.09 Å². The monoisotopic (exact) mass is 209 g/mol. The Morgan fingerprint density at radius 1 is 1.53 bits per heavy atom. The minimum atomic E-state index is -0.470. The Balaban J connectivity index is 2.73. The largest absolute Gasteiger partial charge is 0.444 e. The molecular formula is C12H19NO2. The summed E-state index contributed by atoms with van der Waals surface area (Å²) in [6.45, 7) is 8.16. The molecule has 1 heterocycles. The minimum Gasteiger partial charge on any atom is -0.444 e. The van der Waals surface area contributed by atoms with E-state index in [1.165, 1.54) is 0 Å². The molecule has 1 fully saturated rings. The van der Waals surface area contributed by atoms with E-state index >= 15 is 0 Å². The first-order chi connectivity index (χ1) is 6.78. The maximum atomic E-state index is 11.8. The smallest absolute Gasteiger partial charge is 0.411 e. The van der Waals surface area contributed by atoms with Crippen molar-refractivity contribution in [2.75, 3.05) is 6.54 Å². The summed E-state index contributed by atoms with van der Waals surface area (Å²) in [5.74, 6) is 2.68. The zero-order valence-electron chi connectivity index (χ0n) is 9.96. The number of carbonyl (C=O) groups excluding carboxylic acids is 1. The lowest BCUT2D eigenvalue weighted by Gasteiger charge is -2.32. The molecule has 0 unspecified atom stereocenters. The van der Waals surface area contributed by atoms with E-state index in [9.17, 15) is 4.79 Å². The fraction of sp³-hybridized carbons (Fsp3) is 0.750. The van der Waals surface area contributed by atoms with Gasteiger partial charge in [-0.25, -0.2) is 4.79 Å². The number of carbonyl (C=O) groups is 1. The SMILES string of the molecule is C#C[C@]1(C)CCCN1C(=O)OC(C)(C)C. The van der Waals surface area contributed by atoms with Gasteiger partial charge in [-0.3, -0.25) is 4.90 Å². The van der Waals surface area contributed by atoms with Crippen molar-refractivity contribution < 1.29 is 9.53 Å². The molecule has 1 atom stereocenters. The molecule has 0 aromatic rings. The van der Waals surface area contributed by atoms with Crippen molar-refractivity contribution >= 4 is 6.09 Å². The van der Waals surface area contributed by atoms with E-state index in [0.29, 0.717) is 6.54 Å². The molecule has 0 aromatic heterocycles. The Morgan fingerprint density at radius 3 is 2.60 bits per heavy atom. The van der Waals surface area contributed by atoms with E-state index in [1.54, 1.807) is 4.90 Å². The molecule has 1 rings (SSSR count). The Morgan fingerprint density at radius 2 is 2.13 bits per heavy atom. The Bertz CT molecular complexity index is 298. The summed E-state index contributed by atoms with van der Waals surface area (Å²) >= 11 is 0. The second-order valence-corrected chi connectivity index (χ2v) is 5.15. The summed E-state index contributed by atoms with van der Waals surface area (Å²) < 4.78 is 5.31. The summed E-state index contributed by atoms with van der Waals surface area (Å²) in [5, 5.41) is 0. The van der Waals surface area contributed by atoms with Gasteiger partial charge in [0.1, 0.15) is 11.1 Å². The molecule has 84 valence electrons. The standard InChI is InChI=1S/C12H19NO2/c1-6-12(5)8-7-9-13(12)10(14)15-11(2,3)4/h1H,7-9H2,2-5H3/t12-/m1/s1. The van der Waals surface area contributed by atoms with E-state index in [4.69, 9.17) is 11.2 Å². The first kappa shape index (κ1) is 11.9.